The molecule has 6 heterocycles. The first-order valence-corrected chi connectivity index (χ1v) is 49.5. The normalized spacial score (nSPS) is 15.4. The van der Waals surface area contributed by atoms with Gasteiger partial charge in [0.1, 0.15) is 29.0 Å². The number of ketones is 5. The number of carbonyl (C=O) groups excluding carboxylic acids is 13. The molecule has 2 saturated carbocycles. The number of hydrogen-bond donors (Lipinski definition) is 10. The Morgan fingerprint density at radius 1 is 0.493 bits per heavy atom. The summed E-state index contributed by atoms with van der Waals surface area (Å²) in [6.45, 7) is 13.8. The number of methoxy groups -OCH3 is 1. The minimum Gasteiger partial charge on any atom is -0.511 e. The molecule has 5 aromatic carbocycles. The van der Waals surface area contributed by atoms with Gasteiger partial charge in [-0.3, -0.25) is 67.5 Å². The number of piperidine rings is 2. The Bertz CT molecular complexity index is 5970. The predicted molar refractivity (Wildman–Crippen MR) is 539 cm³/mol. The molecule has 4 aromatic heterocycles. The van der Waals surface area contributed by atoms with Crippen LogP contribution in [0.2, 0.25) is 40.2 Å². The lowest BCUT2D eigenvalue weighted by Crippen LogP contribution is -2.47. The molecule has 4 fully saturated rings. The van der Waals surface area contributed by atoms with Crippen LogP contribution in [0, 0.1) is 5.92 Å². The number of nitrogens with two attached hydrogens (primary N) is 2. The van der Waals surface area contributed by atoms with E-state index in [4.69, 9.17) is 114 Å². The highest BCUT2D eigenvalue weighted by molar-refractivity contribution is 8.93. The molecule has 140 heavy (non-hydrogen) atoms. The second kappa shape index (κ2) is 53.6. The van der Waals surface area contributed by atoms with Gasteiger partial charge in [0.05, 0.1) is 101 Å². The van der Waals surface area contributed by atoms with E-state index in [1.54, 1.807) is 116 Å². The van der Waals surface area contributed by atoms with Crippen LogP contribution in [0.15, 0.2) is 140 Å². The molecule has 35 nitrogen and oxygen atoms in total. The lowest BCUT2D eigenvalue weighted by molar-refractivity contribution is -0.142. The van der Waals surface area contributed by atoms with Gasteiger partial charge in [-0.25, -0.2) is 28.5 Å². The Morgan fingerprint density at radius 3 is 1.22 bits per heavy atom. The van der Waals surface area contributed by atoms with Crippen LogP contribution in [0.4, 0.5) is 4.79 Å². The number of amides is 5. The van der Waals surface area contributed by atoms with Crippen LogP contribution in [0.25, 0.3) is 0 Å². The van der Waals surface area contributed by atoms with Crippen molar-refractivity contribution in [1.82, 2.24) is 80.8 Å². The monoisotopic (exact) mass is 2160 g/mol. The van der Waals surface area contributed by atoms with Gasteiger partial charge in [-0.05, 0) is 139 Å². The van der Waals surface area contributed by atoms with Crippen molar-refractivity contribution in [2.45, 2.75) is 192 Å². The van der Waals surface area contributed by atoms with E-state index in [2.05, 4.69) is 68.6 Å². The first-order valence-electron chi connectivity index (χ1n) is 44.9. The number of hydrogen-bond acceptors (Lipinski definition) is 24. The second-order valence-corrected chi connectivity index (χ2v) is 39.5. The average Bonchev–Trinajstić information content (AvgIpc) is 1.53. The molecule has 750 valence electrons. The highest BCUT2D eigenvalue weighted by atomic mass is 79.9. The number of aromatic amines is 1. The Balaban J connectivity index is 0.000000213. The summed E-state index contributed by atoms with van der Waals surface area (Å²) in [7, 11) is -2.56. The number of aliphatic hydroxyl groups excluding tert-OH is 1. The van der Waals surface area contributed by atoms with Gasteiger partial charge in [0.25, 0.3) is 35.4 Å². The number of ether oxygens (including phenoxy) is 1. The summed E-state index contributed by atoms with van der Waals surface area (Å²) >= 11 is 49.3. The lowest BCUT2D eigenvalue weighted by Gasteiger charge is -2.37. The van der Waals surface area contributed by atoms with E-state index in [-0.39, 0.29) is 218 Å². The summed E-state index contributed by atoms with van der Waals surface area (Å²) in [6, 6.07) is 24.0. The number of rotatable bonds is 33. The largest absolute Gasteiger partial charge is 0.511 e. The second-order valence-electron chi connectivity index (χ2n) is 34.2. The minimum atomic E-state index is -3.80. The third-order valence-electron chi connectivity index (χ3n) is 23.1. The maximum Gasteiger partial charge on any atom is 0.393 e. The molecule has 1 unspecified atom stereocenters. The number of para-hydroxylation sites is 1. The maximum atomic E-state index is 14.2. The standard InChI is InChI=1S/C32H39Cl2N6O7P.C22H24Cl2N4O4.C21H24Cl2N4O3.C20H22Cl2N4O3.BrH/c1-19(2)28(35)31(43)40-18-21(17-26(41)27-24(33)11-8-12-25(27)34)29(37-40)30(42)36-22-13-15-39(16-14-22)48(45,38-20(3)32(44)46-4)47-23-9-6-5-7-10-23;1-13(29)11-25-22(32)28-12-14(10-18(30)19-16(23)8-5-9-17(19)24)20(27-28)21(31)26-15-6-3-2-4-7-15;1-12(24)21(30)27-11-13(10-17(28)18-15(22)8-5-9-16(18)23)19(26-27)20(29)25-14-6-3-2-4-7-14;1-12(27)11-26-7-5-14(6-8-26)24-20(29)19-13(10-23-25-19)9-17(28)18-15(21)3-2-4-16(18)22;/h5-12,18-20,22,28H,13-17,35H2,1-4H3,(H,36,42)(H,38,45);5,8-9,12,15,29H,1-4,6-7,10-11H2,(H,25,32)(H,26,31);5,8-9,11-12,14H,2-4,6-7,10,24H2,1H3,(H,25,29);2-4,10,14H,5-9,11H2,1H3,(H,23,25)(H,24,29);1H/t20-,28-,48?;;12-;;/m0.1../s1. The Morgan fingerprint density at radius 2 is 0.850 bits per heavy atom. The van der Waals surface area contributed by atoms with Crippen molar-refractivity contribution in [2.75, 3.05) is 46.4 Å². The summed E-state index contributed by atoms with van der Waals surface area (Å²) in [5.74, 6) is -4.87. The molecule has 4 atom stereocenters. The molecule has 4 aliphatic rings. The Labute approximate surface area is 859 Å². The van der Waals surface area contributed by atoms with Crippen molar-refractivity contribution in [3.05, 3.63) is 248 Å². The van der Waals surface area contributed by atoms with Crippen molar-refractivity contribution in [3.63, 3.8) is 0 Å². The van der Waals surface area contributed by atoms with Gasteiger partial charge < -0.3 is 52.4 Å². The number of carbonyl (C=O) groups is 13. The summed E-state index contributed by atoms with van der Waals surface area (Å²) in [5, 5.41) is 47.1. The van der Waals surface area contributed by atoms with E-state index in [1.165, 1.54) is 57.9 Å². The fraction of sp³-hybridized carbons (Fsp3) is 0.400. The summed E-state index contributed by atoms with van der Waals surface area (Å²) < 4.78 is 29.5. The molecule has 2 aliphatic heterocycles. The van der Waals surface area contributed by atoms with E-state index < -0.39 is 78.9 Å². The van der Waals surface area contributed by atoms with Crippen LogP contribution in [0.1, 0.15) is 240 Å². The van der Waals surface area contributed by atoms with Gasteiger partial charge in [-0.2, -0.15) is 25.1 Å². The summed E-state index contributed by atoms with van der Waals surface area (Å²) in [4.78, 5) is 167. The van der Waals surface area contributed by atoms with Crippen molar-refractivity contribution < 1.29 is 81.3 Å². The molecule has 2 aliphatic carbocycles. The molecule has 0 radical (unpaired) electrons. The smallest absolute Gasteiger partial charge is 0.393 e. The van der Waals surface area contributed by atoms with Gasteiger partial charge in [0.15, 0.2) is 40.2 Å². The molecular weight excluding hydrogens is 2060 g/mol. The number of H-pyrrole nitrogens is 1. The van der Waals surface area contributed by atoms with Gasteiger partial charge >= 0.3 is 19.7 Å². The molecule has 0 bridgehead atoms. The zero-order chi connectivity index (χ0) is 101. The van der Waals surface area contributed by atoms with E-state index in [0.717, 1.165) is 104 Å². The van der Waals surface area contributed by atoms with Crippen LogP contribution in [0.5, 0.6) is 5.75 Å². The molecule has 9 aromatic rings. The fourth-order valence-corrected chi connectivity index (χ4v) is 20.3. The molecule has 13 rings (SSSR count). The SMILES string of the molecule is Br.C=C(O)CNC(=O)n1cc(CC(=O)c2c(Cl)cccc2Cl)c(C(=O)NC2CCCCC2)n1.CC(=O)CN1CCC(NC(=O)c2[nH]ncc2CC(=O)c2c(Cl)cccc2Cl)CC1.COC(=O)[C@H](C)NP(=O)(Oc1ccccc1)N1CCC(NC(=O)c2nn(C(=O)[C@@H](N)C(C)C)cc2CC(=O)c2c(Cl)cccc2Cl)CC1.C[C@@H](N)C(=O)n1cc(CC(=O)c2c(Cl)cccc2Cl)c(C(=O)NC2CCCCC2)n1. The minimum absolute atomic E-state index is 0. The number of Topliss-reactive ketones (excluding diaryl/α,β-unsaturated/α-hetero) is 5. The van der Waals surface area contributed by atoms with E-state index in [0.29, 0.717) is 36.3 Å². The van der Waals surface area contributed by atoms with Crippen LogP contribution < -0.4 is 47.7 Å². The molecule has 2 saturated heterocycles. The number of esters is 1. The molecular formula is C95H110BrCl8N18O17P. The summed E-state index contributed by atoms with van der Waals surface area (Å²) in [6.07, 6.45) is 17.0. The number of aliphatic hydroxyl groups is 1. The van der Waals surface area contributed by atoms with Crippen molar-refractivity contribution in [1.29, 1.82) is 0 Å². The van der Waals surface area contributed by atoms with E-state index in [9.17, 15) is 72.0 Å². The third kappa shape index (κ3) is 31.6. The highest BCUT2D eigenvalue weighted by Gasteiger charge is 2.41. The number of nitrogens with zero attached hydrogens (tertiary/aromatic N) is 9. The van der Waals surface area contributed by atoms with Crippen LogP contribution in [0.3, 0.4) is 0 Å². The van der Waals surface area contributed by atoms with Crippen molar-refractivity contribution in [3.8, 4) is 5.75 Å². The Kier molecular flexibility index (Phi) is 43.4. The fourth-order valence-electron chi connectivity index (χ4n) is 15.8. The zero-order valence-corrected chi connectivity index (χ0v) is 86.1. The highest BCUT2D eigenvalue weighted by Crippen LogP contribution is 2.49. The number of likely N-dealkylation sites (tertiary alicyclic amines) is 1. The van der Waals surface area contributed by atoms with E-state index in [1.807, 2.05) is 0 Å². The number of benzene rings is 5. The topological polar surface area (TPSA) is 491 Å². The first kappa shape index (κ1) is 113. The maximum absolute atomic E-state index is 14.2. The molecule has 0 spiro atoms. The zero-order valence-electron chi connectivity index (χ0n) is 77.5. The van der Waals surface area contributed by atoms with Crippen molar-refractivity contribution >= 4 is 194 Å². The third-order valence-corrected chi connectivity index (χ3v) is 28.0. The quantitative estimate of drug-likeness (QED) is 0.00790. The number of halogens is 9. The molecule has 45 heteroatoms. The molecule has 5 amide bonds. The van der Waals surface area contributed by atoms with Gasteiger partial charge in [-0.1, -0.05) is 194 Å². The van der Waals surface area contributed by atoms with Crippen molar-refractivity contribution in [2.24, 2.45) is 17.4 Å². The van der Waals surface area contributed by atoms with E-state index >= 15 is 0 Å². The molecule has 12 N–H and O–H groups in total. The van der Waals surface area contributed by atoms with Crippen LogP contribution in [-0.4, -0.2) is 219 Å². The first-order chi connectivity index (χ1) is 66.1. The number of nitrogens with one attached hydrogen (secondary N) is 7. The number of aromatic nitrogens is 8. The summed E-state index contributed by atoms with van der Waals surface area (Å²) in [5.41, 5.74) is 13.8. The van der Waals surface area contributed by atoms with Gasteiger partial charge in [-0.15, -0.1) is 17.0 Å². The van der Waals surface area contributed by atoms with Crippen LogP contribution in [-0.2, 0) is 44.6 Å². The lowest BCUT2D eigenvalue weighted by atomic mass is 9.95. The van der Waals surface area contributed by atoms with Gasteiger partial charge in [0, 0.05) is 117 Å². The average molecular weight is 2170 g/mol. The van der Waals surface area contributed by atoms with Gasteiger partial charge in [0.2, 0.25) is 0 Å². The van der Waals surface area contributed by atoms with Crippen LogP contribution >= 0.6 is 117 Å². The predicted octanol–water partition coefficient (Wildman–Crippen LogP) is 16.2. The Hall–Kier alpha value is -10.4.